The van der Waals surface area contributed by atoms with Gasteiger partial charge < -0.3 is 18.9 Å². The van der Waals surface area contributed by atoms with Crippen LogP contribution in [0.2, 0.25) is 0 Å². The molecule has 0 radical (unpaired) electrons. The lowest BCUT2D eigenvalue weighted by Gasteiger charge is -2.38. The number of unbranched alkanes of at least 4 members (excludes halogenated alkanes) is 10. The average molecular weight is 1500 g/mol. The van der Waals surface area contributed by atoms with Gasteiger partial charge >= 0.3 is 17.9 Å². The van der Waals surface area contributed by atoms with Gasteiger partial charge in [0.1, 0.15) is 19.0 Å². The van der Waals surface area contributed by atoms with E-state index in [0.29, 0.717) is 35.3 Å². The van der Waals surface area contributed by atoms with Gasteiger partial charge in [-0.2, -0.15) is 0 Å². The molecule has 608 valence electrons. The van der Waals surface area contributed by atoms with Crippen LogP contribution in [0.3, 0.4) is 0 Å². The normalized spacial score (nSPS) is 23.1. The topological polar surface area (TPSA) is 107 Å². The largest absolute Gasteiger partial charge is 0.485 e. The first-order chi connectivity index (χ1) is 52.7. The van der Waals surface area contributed by atoms with Crippen molar-refractivity contribution >= 4 is 17.9 Å². The van der Waals surface area contributed by atoms with Crippen LogP contribution in [0.1, 0.15) is 398 Å². The third-order valence-electron chi connectivity index (χ3n) is 25.3. The van der Waals surface area contributed by atoms with Crippen molar-refractivity contribution in [2.45, 2.75) is 361 Å². The molecule has 5 aliphatic carbocycles. The van der Waals surface area contributed by atoms with Crippen LogP contribution in [0.4, 0.5) is 8.78 Å². The minimum Gasteiger partial charge on any atom is -0.485 e. The molecule has 0 heterocycles. The Labute approximate surface area is 660 Å². The number of hydrogen-bond acceptors (Lipinski definition) is 9. The van der Waals surface area contributed by atoms with Crippen LogP contribution >= 0.6 is 0 Å². The Hall–Kier alpha value is -5.91. The Morgan fingerprint density at radius 2 is 0.889 bits per heavy atom. The molecule has 5 aliphatic rings. The molecular formula is C97H152F2O9. The van der Waals surface area contributed by atoms with Gasteiger partial charge in [-0.05, 0) is 278 Å². The Balaban J connectivity index is 0.000000449. The molecule has 10 rings (SSSR count). The van der Waals surface area contributed by atoms with E-state index >= 15 is 0 Å². The highest BCUT2D eigenvalue weighted by atomic mass is 19.1. The Morgan fingerprint density at radius 1 is 0.444 bits per heavy atom. The lowest BCUT2D eigenvalue weighted by molar-refractivity contribution is -0.340. The van der Waals surface area contributed by atoms with Gasteiger partial charge in [0, 0.05) is 7.13 Å². The quantitative estimate of drug-likeness (QED) is 0.0125. The molecule has 3 unspecified atom stereocenters. The second-order valence-electron chi connectivity index (χ2n) is 33.6. The number of halogens is 2. The summed E-state index contributed by atoms with van der Waals surface area (Å²) in [6, 6.07) is 36.5. The van der Waals surface area contributed by atoms with Crippen LogP contribution in [0, 0.1) is 53.1 Å². The highest BCUT2D eigenvalue weighted by Gasteiger charge is 2.33. The molecule has 5 aromatic rings. The summed E-state index contributed by atoms with van der Waals surface area (Å²) in [5, 5.41) is 0. The molecule has 0 aliphatic heterocycles. The molecule has 0 amide bonds. The van der Waals surface area contributed by atoms with Crippen molar-refractivity contribution in [2.24, 2.45) is 41.4 Å². The number of carbonyl (C=O) groups excluding carboxylic acids is 3. The van der Waals surface area contributed by atoms with Gasteiger partial charge in [0.05, 0.1) is 29.3 Å². The number of carbonyl (C=O) groups is 3. The minimum absolute atomic E-state index is 0. The Bertz CT molecular complexity index is 3250. The van der Waals surface area contributed by atoms with Crippen molar-refractivity contribution in [1.29, 1.82) is 0 Å². The number of esters is 3. The summed E-state index contributed by atoms with van der Waals surface area (Å²) in [5.41, 5.74) is 6.64. The maximum absolute atomic E-state index is 14.8. The summed E-state index contributed by atoms with van der Waals surface area (Å²) in [7, 11) is 0. The monoisotopic (exact) mass is 1500 g/mol. The SMILES string of the molecule is CCCCCC1CCC(c2ccc(COOC(COC(=O)c3ccc(C4CCC(CCCCC)CC4)cc3)c3ccccc3)cc2)CC1.CCCCCCC(C)Oc1c(F)cc(C2CCC(C3CCC(CCC)CC3)CC2)cc1F.CCCCCCC1CCC(C(=O)Oc2ccc(C(=O)OC(C)CC)cc2)CC1.[HH].[HH].[HH].[HH].[HH]. The Morgan fingerprint density at radius 3 is 1.42 bits per heavy atom. The zero-order chi connectivity index (χ0) is 76.7. The van der Waals surface area contributed by atoms with E-state index in [1.54, 1.807) is 36.4 Å². The standard InChI is InChI=1S/C44H60O4.C29H46F2O.C24H36O4.5H2/c1-3-5-8-12-34-16-22-37(23-17-34)39-26-20-36(21-27-39)32-47-48-43(41-14-10-7-11-15-41)33-46-44(45)42-30-28-40(29-31-42)38-24-18-35(19-25-38)13-9-6-4-2;1-4-6-7-8-10-21(3)32-29-27(30)19-26(20-28(29)31)25-17-15-24(16-18-25)23-13-11-22(9-5-2)12-14-23;1-4-6-7-8-9-19-10-12-20(13-11-19)24(26)28-22-16-14-21(15-17-22)23(25)27-18(3)5-2;;;;;/h7,10-11,14-15,20-21,26-31,34-35,37-38,43H,3-6,8-9,12-13,16-19,22-25,32-33H2,1-2H3;19-25H,4-18H2,1-3H3;14-20H,4-13H2,1-3H3;5*1H. The first-order valence-corrected chi connectivity index (χ1v) is 44.0. The molecular weight excluding hydrogens is 1350 g/mol. The first kappa shape index (κ1) is 87.7. The predicted molar refractivity (Wildman–Crippen MR) is 448 cm³/mol. The summed E-state index contributed by atoms with van der Waals surface area (Å²) in [5.74, 6) is 5.24. The second-order valence-corrected chi connectivity index (χ2v) is 33.6. The fraction of sp³-hybridized carbons (Fsp3) is 0.660. The van der Waals surface area contributed by atoms with E-state index < -0.39 is 17.7 Å². The van der Waals surface area contributed by atoms with Crippen LogP contribution in [0.5, 0.6) is 11.5 Å². The third-order valence-corrected chi connectivity index (χ3v) is 25.3. The fourth-order valence-electron chi connectivity index (χ4n) is 18.0. The van der Waals surface area contributed by atoms with Crippen molar-refractivity contribution in [3.8, 4) is 11.5 Å². The molecule has 5 fully saturated rings. The van der Waals surface area contributed by atoms with E-state index in [1.807, 2.05) is 63.2 Å². The van der Waals surface area contributed by atoms with Gasteiger partial charge in [-0.3, -0.25) is 4.79 Å². The highest BCUT2D eigenvalue weighted by Crippen LogP contribution is 2.46. The smallest absolute Gasteiger partial charge is 0.338 e. The van der Waals surface area contributed by atoms with Crippen LogP contribution in [-0.4, -0.2) is 36.7 Å². The molecule has 5 saturated carbocycles. The zero-order valence-corrected chi connectivity index (χ0v) is 68.3. The van der Waals surface area contributed by atoms with Gasteiger partial charge in [-0.1, -0.05) is 237 Å². The van der Waals surface area contributed by atoms with Gasteiger partial charge in [-0.15, -0.1) is 0 Å². The van der Waals surface area contributed by atoms with Crippen LogP contribution in [0.15, 0.2) is 115 Å². The van der Waals surface area contributed by atoms with Crippen molar-refractivity contribution in [2.75, 3.05) is 6.61 Å². The molecule has 5 aromatic carbocycles. The summed E-state index contributed by atoms with van der Waals surface area (Å²) < 4.78 is 51.8. The van der Waals surface area contributed by atoms with E-state index in [4.69, 9.17) is 28.7 Å². The second kappa shape index (κ2) is 49.5. The van der Waals surface area contributed by atoms with E-state index in [0.717, 1.165) is 116 Å². The van der Waals surface area contributed by atoms with Gasteiger partial charge in [0.25, 0.3) is 0 Å². The molecule has 11 heteroatoms. The van der Waals surface area contributed by atoms with E-state index in [2.05, 4.69) is 71.0 Å². The zero-order valence-electron chi connectivity index (χ0n) is 68.3. The fourth-order valence-corrected chi connectivity index (χ4v) is 18.0. The minimum atomic E-state index is -0.531. The summed E-state index contributed by atoms with van der Waals surface area (Å²) in [4.78, 5) is 49.1. The van der Waals surface area contributed by atoms with E-state index in [9.17, 15) is 23.2 Å². The maximum atomic E-state index is 14.8. The van der Waals surface area contributed by atoms with Gasteiger partial charge in [0.15, 0.2) is 23.5 Å². The van der Waals surface area contributed by atoms with Gasteiger partial charge in [-0.25, -0.2) is 28.1 Å². The average Bonchev–Trinajstić information content (AvgIpc) is 0.803. The molecule has 0 aromatic heterocycles. The molecule has 108 heavy (non-hydrogen) atoms. The molecule has 9 nitrogen and oxygen atoms in total. The summed E-state index contributed by atoms with van der Waals surface area (Å²) >= 11 is 0. The lowest BCUT2D eigenvalue weighted by Crippen LogP contribution is -2.25. The first-order valence-electron chi connectivity index (χ1n) is 44.0. The molecule has 0 saturated heterocycles. The number of hydrogen-bond donors (Lipinski definition) is 0. The van der Waals surface area contributed by atoms with Crippen molar-refractivity contribution in [3.05, 3.63) is 166 Å². The lowest BCUT2D eigenvalue weighted by atomic mass is 9.68. The maximum Gasteiger partial charge on any atom is 0.338 e. The van der Waals surface area contributed by atoms with Crippen LogP contribution in [0.25, 0.3) is 0 Å². The third kappa shape index (κ3) is 30.3. The van der Waals surface area contributed by atoms with Crippen molar-refractivity contribution in [1.82, 2.24) is 0 Å². The van der Waals surface area contributed by atoms with E-state index in [1.165, 1.54) is 210 Å². The molecule has 0 bridgehead atoms. The molecule has 0 N–H and O–H groups in total. The number of benzene rings is 5. The highest BCUT2D eigenvalue weighted by molar-refractivity contribution is 5.90. The van der Waals surface area contributed by atoms with Crippen LogP contribution < -0.4 is 9.47 Å². The predicted octanol–water partition coefficient (Wildman–Crippen LogP) is 29.6. The van der Waals surface area contributed by atoms with Crippen molar-refractivity contribution < 1.29 is 59.0 Å². The van der Waals surface area contributed by atoms with Crippen molar-refractivity contribution in [3.63, 3.8) is 0 Å². The van der Waals surface area contributed by atoms with Gasteiger partial charge in [0.2, 0.25) is 0 Å². The number of ether oxygens (including phenoxy) is 4. The Kier molecular flexibility index (Phi) is 40.1. The summed E-state index contributed by atoms with van der Waals surface area (Å²) in [6.07, 6.45) is 50.3. The molecule has 3 atom stereocenters. The van der Waals surface area contributed by atoms with E-state index in [-0.39, 0.29) is 61.4 Å². The number of rotatable bonds is 39. The molecule has 0 spiro atoms. The van der Waals surface area contributed by atoms with Crippen LogP contribution in [-0.2, 0) is 30.7 Å². The summed E-state index contributed by atoms with van der Waals surface area (Å²) in [6.45, 7) is 17.4.